The molecule has 0 radical (unpaired) electrons. The molecule has 2 N–H and O–H groups in total. The third-order valence-corrected chi connectivity index (χ3v) is 6.68. The lowest BCUT2D eigenvalue weighted by molar-refractivity contribution is 0.311. The minimum atomic E-state index is -3.56. The van der Waals surface area contributed by atoms with Gasteiger partial charge in [0, 0.05) is 56.9 Å². The number of hydrogen-bond acceptors (Lipinski definition) is 9. The van der Waals surface area contributed by atoms with Crippen LogP contribution >= 0.6 is 0 Å². The Balaban J connectivity index is 1.52. The summed E-state index contributed by atoms with van der Waals surface area (Å²) >= 11 is 0. The number of hydrogen-bond donors (Lipinski definition) is 2. The number of anilines is 3. The zero-order valence-electron chi connectivity index (χ0n) is 18.8. The number of aryl methyl sites for hydroxylation is 3. The van der Waals surface area contributed by atoms with E-state index in [2.05, 4.69) is 37.0 Å². The van der Waals surface area contributed by atoms with E-state index in [1.165, 1.54) is 4.68 Å². The van der Waals surface area contributed by atoms with Crippen LogP contribution in [0, 0.1) is 13.8 Å². The quantitative estimate of drug-likeness (QED) is 0.532. The van der Waals surface area contributed by atoms with Crippen molar-refractivity contribution in [2.24, 2.45) is 7.05 Å². The first-order valence-corrected chi connectivity index (χ1v) is 12.2. The van der Waals surface area contributed by atoms with E-state index in [4.69, 9.17) is 9.97 Å². The Morgan fingerprint density at radius 1 is 1.03 bits per heavy atom. The summed E-state index contributed by atoms with van der Waals surface area (Å²) < 4.78 is 29.2. The largest absolute Gasteiger partial charge is 0.368 e. The molecule has 1 fully saturated rings. The topological polar surface area (TPSA) is 121 Å². The number of pyridine rings is 1. The molecule has 1 saturated heterocycles. The van der Waals surface area contributed by atoms with Crippen LogP contribution in [0.3, 0.4) is 0 Å². The van der Waals surface area contributed by atoms with E-state index in [1.807, 2.05) is 19.9 Å². The summed E-state index contributed by atoms with van der Waals surface area (Å²) in [7, 11) is 0.240. The molecule has 1 aliphatic heterocycles. The summed E-state index contributed by atoms with van der Waals surface area (Å²) in [6, 6.07) is 3.61. The Kier molecular flexibility index (Phi) is 6.15. The summed E-state index contributed by atoms with van der Waals surface area (Å²) in [6.07, 6.45) is 1.74. The highest BCUT2D eigenvalue weighted by atomic mass is 32.2. The van der Waals surface area contributed by atoms with Crippen LogP contribution in [0.15, 0.2) is 18.3 Å². The molecule has 0 amide bonds. The van der Waals surface area contributed by atoms with Crippen molar-refractivity contribution in [2.75, 3.05) is 60.5 Å². The number of rotatable bonds is 7. The summed E-state index contributed by atoms with van der Waals surface area (Å²) in [5.74, 6) is 1.57. The molecule has 0 aromatic carbocycles. The van der Waals surface area contributed by atoms with Crippen LogP contribution in [0.4, 0.5) is 17.6 Å². The van der Waals surface area contributed by atoms with Gasteiger partial charge in [-0.2, -0.15) is 10.1 Å². The fourth-order valence-electron chi connectivity index (χ4n) is 3.63. The normalized spacial score (nSPS) is 15.3. The number of nitrogens with zero attached hydrogens (tertiary/aromatic N) is 7. The minimum Gasteiger partial charge on any atom is -0.368 e. The highest BCUT2D eigenvalue weighted by Crippen LogP contribution is 2.24. The molecule has 32 heavy (non-hydrogen) atoms. The molecule has 0 aliphatic carbocycles. The van der Waals surface area contributed by atoms with E-state index >= 15 is 0 Å². The van der Waals surface area contributed by atoms with Crippen molar-refractivity contribution in [3.05, 3.63) is 29.7 Å². The summed E-state index contributed by atoms with van der Waals surface area (Å²) in [5.41, 5.74) is 2.32. The Bertz CT molecular complexity index is 1220. The second-order valence-electron chi connectivity index (χ2n) is 8.15. The smallest absolute Gasteiger partial charge is 0.235 e. The number of piperazine rings is 1. The molecule has 4 rings (SSSR count). The van der Waals surface area contributed by atoms with Crippen molar-refractivity contribution in [3.8, 4) is 0 Å². The average Bonchev–Trinajstić information content (AvgIpc) is 3.04. The fraction of sp³-hybridized carbons (Fsp3) is 0.500. The van der Waals surface area contributed by atoms with Gasteiger partial charge >= 0.3 is 0 Å². The van der Waals surface area contributed by atoms with Crippen molar-refractivity contribution in [3.63, 3.8) is 0 Å². The first kappa shape index (κ1) is 22.2. The zero-order valence-corrected chi connectivity index (χ0v) is 19.6. The molecular weight excluding hydrogens is 430 g/mol. The van der Waals surface area contributed by atoms with Crippen LogP contribution in [-0.4, -0.2) is 83.6 Å². The van der Waals surface area contributed by atoms with Crippen LogP contribution in [0.25, 0.3) is 10.9 Å². The van der Waals surface area contributed by atoms with Gasteiger partial charge in [0.1, 0.15) is 11.6 Å². The summed E-state index contributed by atoms with van der Waals surface area (Å²) in [4.78, 5) is 18.2. The molecule has 12 heteroatoms. The van der Waals surface area contributed by atoms with Gasteiger partial charge in [0.25, 0.3) is 0 Å². The predicted molar refractivity (Wildman–Crippen MR) is 126 cm³/mol. The maximum Gasteiger partial charge on any atom is 0.235 e. The van der Waals surface area contributed by atoms with Crippen LogP contribution in [-0.2, 0) is 17.1 Å². The second-order valence-corrected chi connectivity index (χ2v) is 9.99. The molecule has 0 bridgehead atoms. The second kappa shape index (κ2) is 8.87. The van der Waals surface area contributed by atoms with Crippen LogP contribution in [0.1, 0.15) is 11.4 Å². The zero-order chi connectivity index (χ0) is 22.9. The Hall–Kier alpha value is -2.99. The Morgan fingerprint density at radius 2 is 1.78 bits per heavy atom. The van der Waals surface area contributed by atoms with E-state index in [0.29, 0.717) is 17.6 Å². The minimum absolute atomic E-state index is 0.114. The highest BCUT2D eigenvalue weighted by Gasteiger charge is 2.19. The standard InChI is InChI=1S/C20H29N9O2S/c1-14-11-16-17(13-22-14)23-20(29-8-6-27(3)7-9-29)24-19(16)21-5-10-32(30,31)26-18-12-15(2)25-28(18)4/h11-13,26H,5-10H2,1-4H3,(H,21,23,24). The van der Waals surface area contributed by atoms with Gasteiger partial charge in [-0.05, 0) is 27.0 Å². The number of nitrogens with one attached hydrogen (secondary N) is 2. The molecular formula is C20H29N9O2S. The lowest BCUT2D eigenvalue weighted by Gasteiger charge is -2.32. The first-order chi connectivity index (χ1) is 15.2. The van der Waals surface area contributed by atoms with Crippen molar-refractivity contribution in [2.45, 2.75) is 13.8 Å². The predicted octanol–water partition coefficient (Wildman–Crippen LogP) is 0.981. The number of aromatic nitrogens is 5. The molecule has 0 spiro atoms. The molecule has 3 aromatic heterocycles. The van der Waals surface area contributed by atoms with Crippen LogP contribution in [0.2, 0.25) is 0 Å². The van der Waals surface area contributed by atoms with Gasteiger partial charge in [-0.1, -0.05) is 0 Å². The molecule has 0 unspecified atom stereocenters. The van der Waals surface area contributed by atoms with Crippen LogP contribution < -0.4 is 14.9 Å². The maximum atomic E-state index is 12.6. The molecule has 1 aliphatic rings. The molecule has 11 nitrogen and oxygen atoms in total. The van der Waals surface area contributed by atoms with Gasteiger partial charge in [0.05, 0.1) is 23.2 Å². The highest BCUT2D eigenvalue weighted by molar-refractivity contribution is 7.92. The Morgan fingerprint density at radius 3 is 2.47 bits per heavy atom. The molecule has 0 atom stereocenters. The lowest BCUT2D eigenvalue weighted by atomic mass is 10.2. The summed E-state index contributed by atoms with van der Waals surface area (Å²) in [6.45, 7) is 7.46. The van der Waals surface area contributed by atoms with Gasteiger partial charge < -0.3 is 15.1 Å². The maximum absolute atomic E-state index is 12.6. The van der Waals surface area contributed by atoms with E-state index in [9.17, 15) is 8.42 Å². The third kappa shape index (κ3) is 5.07. The lowest BCUT2D eigenvalue weighted by Crippen LogP contribution is -2.45. The van der Waals surface area contributed by atoms with E-state index in [-0.39, 0.29) is 12.3 Å². The van der Waals surface area contributed by atoms with Gasteiger partial charge in [-0.15, -0.1) is 0 Å². The SMILES string of the molecule is Cc1cc2c(NCCS(=O)(=O)Nc3cc(C)nn3C)nc(N3CCN(C)CC3)nc2cn1. The summed E-state index contributed by atoms with van der Waals surface area (Å²) in [5, 5.41) is 8.20. The van der Waals surface area contributed by atoms with Crippen LogP contribution in [0.5, 0.6) is 0 Å². The van der Waals surface area contributed by atoms with Gasteiger partial charge in [-0.3, -0.25) is 14.4 Å². The number of sulfonamides is 1. The average molecular weight is 460 g/mol. The fourth-order valence-corrected chi connectivity index (χ4v) is 4.61. The Labute approximate surface area is 187 Å². The van der Waals surface area contributed by atoms with Crippen molar-refractivity contribution in [1.82, 2.24) is 29.6 Å². The third-order valence-electron chi connectivity index (χ3n) is 5.42. The van der Waals surface area contributed by atoms with Gasteiger partial charge in [-0.25, -0.2) is 13.4 Å². The number of fused-ring (bicyclic) bond motifs is 1. The van der Waals surface area contributed by atoms with E-state index in [0.717, 1.165) is 48.5 Å². The van der Waals surface area contributed by atoms with E-state index < -0.39 is 10.0 Å². The van der Waals surface area contributed by atoms with E-state index in [1.54, 1.807) is 19.3 Å². The molecule has 3 aromatic rings. The van der Waals surface area contributed by atoms with Crippen molar-refractivity contribution >= 4 is 38.5 Å². The van der Waals surface area contributed by atoms with Gasteiger partial charge in [0.2, 0.25) is 16.0 Å². The van der Waals surface area contributed by atoms with Crippen molar-refractivity contribution < 1.29 is 8.42 Å². The monoisotopic (exact) mass is 459 g/mol. The van der Waals surface area contributed by atoms with Gasteiger partial charge in [0.15, 0.2) is 0 Å². The first-order valence-electron chi connectivity index (χ1n) is 10.5. The van der Waals surface area contributed by atoms with Crippen molar-refractivity contribution in [1.29, 1.82) is 0 Å². The molecule has 0 saturated carbocycles. The number of likely N-dealkylation sites (N-methyl/N-ethyl adjacent to an activating group) is 1. The molecule has 4 heterocycles. The molecule has 172 valence electrons.